The number of aryl methyl sites for hydroxylation is 1. The second-order valence-corrected chi connectivity index (χ2v) is 4.87. The summed E-state index contributed by atoms with van der Waals surface area (Å²) in [5.74, 6) is 0.135. The number of esters is 1. The standard InChI is InChI=1S/C17H19N5O2/c1-3-4-5-10-15(23)24-11-14-20-16(18)22-17(21-14)19-13-9-7-6-8-12(13)2/h3-10H,11H2,1-2H3,(H3,18,19,20,21,22). The van der Waals surface area contributed by atoms with Gasteiger partial charge in [0.15, 0.2) is 12.4 Å². The van der Waals surface area contributed by atoms with E-state index in [1.165, 1.54) is 6.08 Å². The fraction of sp³-hybridized carbons (Fsp3) is 0.176. The lowest BCUT2D eigenvalue weighted by Gasteiger charge is -2.09. The molecule has 1 aromatic carbocycles. The van der Waals surface area contributed by atoms with Crippen LogP contribution in [0.25, 0.3) is 0 Å². The molecule has 0 amide bonds. The van der Waals surface area contributed by atoms with E-state index in [0.29, 0.717) is 5.95 Å². The molecule has 2 rings (SSSR count). The zero-order valence-electron chi connectivity index (χ0n) is 13.6. The number of nitrogens with zero attached hydrogens (tertiary/aromatic N) is 3. The number of ether oxygens (including phenoxy) is 1. The van der Waals surface area contributed by atoms with Gasteiger partial charge in [-0.1, -0.05) is 36.4 Å². The Morgan fingerprint density at radius 1 is 1.25 bits per heavy atom. The highest BCUT2D eigenvalue weighted by molar-refractivity contribution is 5.82. The first-order chi connectivity index (χ1) is 11.6. The molecule has 0 unspecified atom stereocenters. The topological polar surface area (TPSA) is 103 Å². The van der Waals surface area contributed by atoms with E-state index in [-0.39, 0.29) is 18.4 Å². The predicted molar refractivity (Wildman–Crippen MR) is 92.5 cm³/mol. The average Bonchev–Trinajstić information content (AvgIpc) is 2.55. The predicted octanol–water partition coefficient (Wildman–Crippen LogP) is 2.68. The normalized spacial score (nSPS) is 11.1. The summed E-state index contributed by atoms with van der Waals surface area (Å²) in [6.07, 6.45) is 6.44. The Morgan fingerprint density at radius 2 is 2.04 bits per heavy atom. The van der Waals surface area contributed by atoms with E-state index in [4.69, 9.17) is 10.5 Å². The summed E-state index contributed by atoms with van der Waals surface area (Å²) in [6.45, 7) is 3.73. The monoisotopic (exact) mass is 325 g/mol. The summed E-state index contributed by atoms with van der Waals surface area (Å²) in [6, 6.07) is 7.71. The molecule has 0 saturated carbocycles. The van der Waals surface area contributed by atoms with Crippen molar-refractivity contribution in [3.05, 3.63) is 60.0 Å². The highest BCUT2D eigenvalue weighted by atomic mass is 16.5. The first-order valence-corrected chi connectivity index (χ1v) is 7.37. The van der Waals surface area contributed by atoms with Gasteiger partial charge in [-0.2, -0.15) is 15.0 Å². The number of nitrogens with one attached hydrogen (secondary N) is 1. The molecule has 24 heavy (non-hydrogen) atoms. The minimum atomic E-state index is -0.486. The average molecular weight is 325 g/mol. The van der Waals surface area contributed by atoms with Crippen molar-refractivity contribution in [2.24, 2.45) is 0 Å². The number of carbonyl (C=O) groups is 1. The molecule has 0 aliphatic heterocycles. The van der Waals surface area contributed by atoms with Gasteiger partial charge in [0, 0.05) is 11.8 Å². The van der Waals surface area contributed by atoms with Crippen molar-refractivity contribution in [3.8, 4) is 0 Å². The fourth-order valence-electron chi connectivity index (χ4n) is 1.82. The van der Waals surface area contributed by atoms with Crippen molar-refractivity contribution in [2.45, 2.75) is 20.5 Å². The van der Waals surface area contributed by atoms with E-state index in [2.05, 4.69) is 20.3 Å². The molecule has 0 fully saturated rings. The minimum absolute atomic E-state index is 0.0524. The number of hydrogen-bond donors (Lipinski definition) is 2. The van der Waals surface area contributed by atoms with Gasteiger partial charge in [-0.05, 0) is 25.5 Å². The summed E-state index contributed by atoms with van der Waals surface area (Å²) >= 11 is 0. The molecule has 0 spiro atoms. The number of benzene rings is 1. The maximum Gasteiger partial charge on any atom is 0.331 e. The third-order valence-electron chi connectivity index (χ3n) is 2.97. The van der Waals surface area contributed by atoms with Crippen LogP contribution in [0.3, 0.4) is 0 Å². The Morgan fingerprint density at radius 3 is 2.79 bits per heavy atom. The van der Waals surface area contributed by atoms with E-state index in [1.807, 2.05) is 38.1 Å². The van der Waals surface area contributed by atoms with Gasteiger partial charge in [0.1, 0.15) is 0 Å². The van der Waals surface area contributed by atoms with Gasteiger partial charge in [-0.15, -0.1) is 0 Å². The highest BCUT2D eigenvalue weighted by Crippen LogP contribution is 2.17. The molecule has 124 valence electrons. The van der Waals surface area contributed by atoms with E-state index in [1.54, 1.807) is 18.2 Å². The third-order valence-corrected chi connectivity index (χ3v) is 2.97. The molecular weight excluding hydrogens is 306 g/mol. The molecule has 0 saturated heterocycles. The quantitative estimate of drug-likeness (QED) is 0.478. The number of hydrogen-bond acceptors (Lipinski definition) is 7. The second kappa shape index (κ2) is 8.42. The van der Waals surface area contributed by atoms with Crippen molar-refractivity contribution in [2.75, 3.05) is 11.1 Å². The van der Waals surface area contributed by atoms with Gasteiger partial charge >= 0.3 is 5.97 Å². The summed E-state index contributed by atoms with van der Waals surface area (Å²) in [5.41, 5.74) is 7.59. The van der Waals surface area contributed by atoms with Gasteiger partial charge in [-0.25, -0.2) is 4.79 Å². The lowest BCUT2D eigenvalue weighted by molar-refractivity contribution is -0.139. The molecule has 0 aliphatic carbocycles. The molecule has 1 heterocycles. The van der Waals surface area contributed by atoms with Crippen LogP contribution in [0.1, 0.15) is 18.3 Å². The molecule has 0 atom stereocenters. The van der Waals surface area contributed by atoms with Crippen molar-refractivity contribution in [1.29, 1.82) is 0 Å². The number of anilines is 3. The summed E-state index contributed by atoms with van der Waals surface area (Å²) in [5, 5.41) is 3.08. The van der Waals surface area contributed by atoms with Crippen LogP contribution in [0.2, 0.25) is 0 Å². The van der Waals surface area contributed by atoms with Crippen molar-refractivity contribution >= 4 is 23.6 Å². The maximum atomic E-state index is 11.5. The lowest BCUT2D eigenvalue weighted by atomic mass is 10.2. The first kappa shape index (κ1) is 17.1. The maximum absolute atomic E-state index is 11.5. The zero-order chi connectivity index (χ0) is 17.4. The van der Waals surface area contributed by atoms with Crippen molar-refractivity contribution in [3.63, 3.8) is 0 Å². The summed E-state index contributed by atoms with van der Waals surface area (Å²) < 4.78 is 5.06. The van der Waals surface area contributed by atoms with E-state index >= 15 is 0 Å². The second-order valence-electron chi connectivity index (χ2n) is 4.87. The van der Waals surface area contributed by atoms with Crippen LogP contribution in [-0.2, 0) is 16.1 Å². The fourth-order valence-corrected chi connectivity index (χ4v) is 1.82. The first-order valence-electron chi connectivity index (χ1n) is 7.37. The molecular formula is C17H19N5O2. The van der Waals surface area contributed by atoms with Crippen LogP contribution in [0, 0.1) is 6.92 Å². The highest BCUT2D eigenvalue weighted by Gasteiger charge is 2.08. The van der Waals surface area contributed by atoms with Crippen LogP contribution in [0.4, 0.5) is 17.6 Å². The molecule has 3 N–H and O–H groups in total. The smallest absolute Gasteiger partial charge is 0.331 e. The number of nitrogen functional groups attached to an aromatic ring is 1. The Hall–Kier alpha value is -3.22. The number of allylic oxidation sites excluding steroid dienone is 3. The van der Waals surface area contributed by atoms with Crippen LogP contribution in [-0.4, -0.2) is 20.9 Å². The molecule has 0 radical (unpaired) electrons. The zero-order valence-corrected chi connectivity index (χ0v) is 13.6. The minimum Gasteiger partial charge on any atom is -0.454 e. The van der Waals surface area contributed by atoms with Gasteiger partial charge < -0.3 is 15.8 Å². The Kier molecular flexibility index (Phi) is 6.01. The van der Waals surface area contributed by atoms with Gasteiger partial charge in [0.2, 0.25) is 11.9 Å². The largest absolute Gasteiger partial charge is 0.454 e. The van der Waals surface area contributed by atoms with Crippen LogP contribution >= 0.6 is 0 Å². The molecule has 0 bridgehead atoms. The van der Waals surface area contributed by atoms with E-state index in [0.717, 1.165) is 11.3 Å². The van der Waals surface area contributed by atoms with Gasteiger partial charge in [0.25, 0.3) is 0 Å². The number of nitrogens with two attached hydrogens (primary N) is 1. The molecule has 1 aromatic heterocycles. The Bertz CT molecular complexity index is 771. The van der Waals surface area contributed by atoms with Crippen molar-refractivity contribution < 1.29 is 9.53 Å². The number of para-hydroxylation sites is 1. The molecule has 7 nitrogen and oxygen atoms in total. The summed E-state index contributed by atoms with van der Waals surface area (Å²) in [4.78, 5) is 23.8. The molecule has 7 heteroatoms. The van der Waals surface area contributed by atoms with E-state index < -0.39 is 5.97 Å². The molecule has 2 aromatic rings. The van der Waals surface area contributed by atoms with Crippen molar-refractivity contribution in [1.82, 2.24) is 15.0 Å². The SMILES string of the molecule is CC=CC=CC(=O)OCc1nc(N)nc(Nc2ccccc2C)n1. The number of carbonyl (C=O) groups excluding carboxylic acids is 1. The number of aromatic nitrogens is 3. The van der Waals surface area contributed by atoms with Crippen LogP contribution in [0.15, 0.2) is 48.6 Å². The lowest BCUT2D eigenvalue weighted by Crippen LogP contribution is -2.10. The van der Waals surface area contributed by atoms with Crippen LogP contribution < -0.4 is 11.1 Å². The van der Waals surface area contributed by atoms with Gasteiger partial charge in [0.05, 0.1) is 0 Å². The Labute approximate surface area is 140 Å². The van der Waals surface area contributed by atoms with Crippen LogP contribution in [0.5, 0.6) is 0 Å². The van der Waals surface area contributed by atoms with Gasteiger partial charge in [-0.3, -0.25) is 0 Å². The number of rotatable bonds is 6. The Balaban J connectivity index is 2.06. The van der Waals surface area contributed by atoms with E-state index in [9.17, 15) is 4.79 Å². The molecule has 0 aliphatic rings. The summed E-state index contributed by atoms with van der Waals surface area (Å²) in [7, 11) is 0. The third kappa shape index (κ3) is 5.20.